The fraction of sp³-hybridized carbons (Fsp3) is 0.632. The molecular formula is C19H26N2O2. The van der Waals surface area contributed by atoms with Crippen molar-refractivity contribution in [3.8, 4) is 0 Å². The zero-order valence-electron chi connectivity index (χ0n) is 13.7. The highest BCUT2D eigenvalue weighted by Crippen LogP contribution is 2.39. The summed E-state index contributed by atoms with van der Waals surface area (Å²) in [4.78, 5) is 15.3. The Balaban J connectivity index is 1.54. The van der Waals surface area contributed by atoms with Crippen LogP contribution in [0.2, 0.25) is 0 Å². The number of carbonyl (C=O) groups excluding carboxylic acids is 1. The molecule has 1 N–H and O–H groups in total. The Hall–Kier alpha value is -1.39. The Labute approximate surface area is 138 Å². The van der Waals surface area contributed by atoms with Crippen LogP contribution in [-0.4, -0.2) is 48.2 Å². The molecule has 23 heavy (non-hydrogen) atoms. The first kappa shape index (κ1) is 15.2. The molecule has 1 aliphatic carbocycles. The van der Waals surface area contributed by atoms with E-state index in [1.807, 2.05) is 30.3 Å². The van der Waals surface area contributed by atoms with Crippen LogP contribution in [0.5, 0.6) is 0 Å². The molecule has 4 nitrogen and oxygen atoms in total. The van der Waals surface area contributed by atoms with Crippen LogP contribution in [-0.2, 0) is 4.74 Å². The number of hydrogen-bond acceptors (Lipinski definition) is 3. The summed E-state index contributed by atoms with van der Waals surface area (Å²) in [7, 11) is 0. The van der Waals surface area contributed by atoms with Crippen LogP contribution in [0.3, 0.4) is 0 Å². The van der Waals surface area contributed by atoms with Gasteiger partial charge < -0.3 is 15.0 Å². The van der Waals surface area contributed by atoms with Gasteiger partial charge in [-0.15, -0.1) is 0 Å². The van der Waals surface area contributed by atoms with Gasteiger partial charge in [0.2, 0.25) is 0 Å². The summed E-state index contributed by atoms with van der Waals surface area (Å²) in [6, 6.07) is 10.5. The molecule has 4 rings (SSSR count). The van der Waals surface area contributed by atoms with Gasteiger partial charge in [-0.25, -0.2) is 0 Å². The van der Waals surface area contributed by atoms with E-state index >= 15 is 0 Å². The third-order valence-corrected chi connectivity index (χ3v) is 5.57. The summed E-state index contributed by atoms with van der Waals surface area (Å²) in [6.45, 7) is 2.85. The summed E-state index contributed by atoms with van der Waals surface area (Å²) >= 11 is 0. The van der Waals surface area contributed by atoms with Gasteiger partial charge >= 0.3 is 0 Å². The Morgan fingerprint density at radius 1 is 1.09 bits per heavy atom. The normalized spacial score (nSPS) is 26.9. The number of nitrogens with zero attached hydrogens (tertiary/aromatic N) is 1. The fourth-order valence-corrected chi connectivity index (χ4v) is 4.18. The van der Waals surface area contributed by atoms with Crippen molar-refractivity contribution in [2.75, 3.05) is 19.7 Å². The molecule has 3 fully saturated rings. The predicted octanol–water partition coefficient (Wildman–Crippen LogP) is 2.59. The highest BCUT2D eigenvalue weighted by molar-refractivity contribution is 5.94. The van der Waals surface area contributed by atoms with Crippen molar-refractivity contribution in [3.63, 3.8) is 0 Å². The zero-order chi connectivity index (χ0) is 15.7. The lowest BCUT2D eigenvalue weighted by molar-refractivity contribution is -0.117. The van der Waals surface area contributed by atoms with Crippen LogP contribution < -0.4 is 5.32 Å². The van der Waals surface area contributed by atoms with Gasteiger partial charge in [0.15, 0.2) is 0 Å². The molecule has 2 saturated heterocycles. The molecule has 0 bridgehead atoms. The van der Waals surface area contributed by atoms with Crippen LogP contribution in [0.15, 0.2) is 30.3 Å². The summed E-state index contributed by atoms with van der Waals surface area (Å²) < 4.78 is 6.19. The molecule has 1 aromatic rings. The van der Waals surface area contributed by atoms with Crippen molar-refractivity contribution in [3.05, 3.63) is 35.9 Å². The van der Waals surface area contributed by atoms with Crippen LogP contribution >= 0.6 is 0 Å². The first-order chi connectivity index (χ1) is 11.3. The number of ether oxygens (including phenoxy) is 1. The highest BCUT2D eigenvalue weighted by atomic mass is 16.5. The van der Waals surface area contributed by atoms with Crippen molar-refractivity contribution < 1.29 is 9.53 Å². The maximum atomic E-state index is 13.1. The van der Waals surface area contributed by atoms with Crippen LogP contribution in [0.4, 0.5) is 0 Å². The maximum Gasteiger partial charge on any atom is 0.254 e. The topological polar surface area (TPSA) is 41.6 Å². The molecule has 4 heteroatoms. The summed E-state index contributed by atoms with van der Waals surface area (Å²) in [5.74, 6) is 0.212. The molecule has 1 atom stereocenters. The molecule has 124 valence electrons. The first-order valence-corrected chi connectivity index (χ1v) is 9.00. The quantitative estimate of drug-likeness (QED) is 0.932. The lowest BCUT2D eigenvalue weighted by Crippen LogP contribution is -2.54. The van der Waals surface area contributed by atoms with E-state index in [0.29, 0.717) is 12.1 Å². The van der Waals surface area contributed by atoms with E-state index in [9.17, 15) is 4.79 Å². The molecule has 2 heterocycles. The molecule has 1 spiro atoms. The van der Waals surface area contributed by atoms with Gasteiger partial charge in [-0.2, -0.15) is 0 Å². The molecule has 1 saturated carbocycles. The van der Waals surface area contributed by atoms with E-state index in [2.05, 4.69) is 10.2 Å². The summed E-state index contributed by atoms with van der Waals surface area (Å²) in [5, 5.41) is 3.42. The largest absolute Gasteiger partial charge is 0.375 e. The van der Waals surface area contributed by atoms with E-state index < -0.39 is 0 Å². The van der Waals surface area contributed by atoms with Crippen LogP contribution in [0.25, 0.3) is 0 Å². The Morgan fingerprint density at radius 2 is 1.83 bits per heavy atom. The lowest BCUT2D eigenvalue weighted by atomic mass is 9.82. The van der Waals surface area contributed by atoms with E-state index in [1.54, 1.807) is 0 Å². The third kappa shape index (κ3) is 3.15. The molecule has 0 aromatic heterocycles. The Morgan fingerprint density at radius 3 is 2.52 bits per heavy atom. The van der Waals surface area contributed by atoms with Gasteiger partial charge in [-0.3, -0.25) is 4.79 Å². The first-order valence-electron chi connectivity index (χ1n) is 9.00. The van der Waals surface area contributed by atoms with Crippen molar-refractivity contribution >= 4 is 5.91 Å². The minimum absolute atomic E-state index is 0.00171. The molecular weight excluding hydrogens is 288 g/mol. The van der Waals surface area contributed by atoms with Gasteiger partial charge in [-0.1, -0.05) is 18.2 Å². The number of hydrogen-bond donors (Lipinski definition) is 1. The second-order valence-electron chi connectivity index (χ2n) is 7.24. The van der Waals surface area contributed by atoms with E-state index in [4.69, 9.17) is 4.74 Å². The fourth-order valence-electron chi connectivity index (χ4n) is 4.18. The number of rotatable bonds is 3. The van der Waals surface area contributed by atoms with Gasteiger partial charge in [0.25, 0.3) is 5.91 Å². The molecule has 3 aliphatic rings. The summed E-state index contributed by atoms with van der Waals surface area (Å²) in [6.07, 6.45) is 6.44. The van der Waals surface area contributed by atoms with E-state index in [-0.39, 0.29) is 11.5 Å². The average Bonchev–Trinajstić information content (AvgIpc) is 3.41. The maximum absolute atomic E-state index is 13.1. The van der Waals surface area contributed by atoms with Crippen LogP contribution in [0.1, 0.15) is 48.9 Å². The third-order valence-electron chi connectivity index (χ3n) is 5.57. The molecule has 0 unspecified atom stereocenters. The van der Waals surface area contributed by atoms with Gasteiger partial charge in [0, 0.05) is 24.3 Å². The number of piperidine rings is 1. The van der Waals surface area contributed by atoms with Crippen molar-refractivity contribution in [1.29, 1.82) is 0 Å². The van der Waals surface area contributed by atoms with E-state index in [1.165, 1.54) is 0 Å². The van der Waals surface area contributed by atoms with Gasteiger partial charge in [0.05, 0.1) is 5.60 Å². The molecule has 0 radical (unpaired) electrons. The zero-order valence-corrected chi connectivity index (χ0v) is 13.7. The molecule has 1 amide bonds. The van der Waals surface area contributed by atoms with E-state index in [0.717, 1.165) is 63.8 Å². The number of nitrogens with one attached hydrogen (secondary N) is 1. The monoisotopic (exact) mass is 314 g/mol. The minimum Gasteiger partial charge on any atom is -0.375 e. The summed E-state index contributed by atoms with van der Waals surface area (Å²) in [5.41, 5.74) is 0.823. The van der Waals surface area contributed by atoms with Gasteiger partial charge in [0.1, 0.15) is 0 Å². The Kier molecular flexibility index (Phi) is 4.12. The second kappa shape index (κ2) is 6.25. The predicted molar refractivity (Wildman–Crippen MR) is 89.4 cm³/mol. The van der Waals surface area contributed by atoms with Crippen molar-refractivity contribution in [1.82, 2.24) is 10.2 Å². The number of amides is 1. The standard InChI is InChI=1S/C19H26N2O2/c22-18(15-4-2-1-3-5-15)21(16-6-7-16)17-8-13-23-19(14-17)9-11-20-12-10-19/h1-5,16-17,20H,6-14H2/t17-/m1/s1. The van der Waals surface area contributed by atoms with Crippen molar-refractivity contribution in [2.45, 2.75) is 56.2 Å². The molecule has 1 aromatic carbocycles. The smallest absolute Gasteiger partial charge is 0.254 e. The van der Waals surface area contributed by atoms with Crippen LogP contribution in [0, 0.1) is 0 Å². The number of benzene rings is 1. The molecule has 2 aliphatic heterocycles. The minimum atomic E-state index is -0.00171. The second-order valence-corrected chi connectivity index (χ2v) is 7.24. The highest BCUT2D eigenvalue weighted by Gasteiger charge is 2.45. The average molecular weight is 314 g/mol. The lowest BCUT2D eigenvalue weighted by Gasteiger charge is -2.46. The Bertz CT molecular complexity index is 544. The number of carbonyl (C=O) groups is 1. The van der Waals surface area contributed by atoms with Crippen molar-refractivity contribution in [2.24, 2.45) is 0 Å². The van der Waals surface area contributed by atoms with Gasteiger partial charge in [-0.05, 0) is 63.7 Å². The SMILES string of the molecule is O=C(c1ccccc1)N(C1CC1)[C@@H]1CCOC2(CCNCC2)C1.